The maximum atomic E-state index is 13.0. The summed E-state index contributed by atoms with van der Waals surface area (Å²) in [5.74, 6) is 0.512. The number of hydrogen-bond acceptors (Lipinski definition) is 3. The van der Waals surface area contributed by atoms with E-state index in [-0.39, 0.29) is 17.9 Å². The van der Waals surface area contributed by atoms with Crippen LogP contribution in [0.1, 0.15) is 47.3 Å². The molecule has 0 bridgehead atoms. The lowest BCUT2D eigenvalue weighted by molar-refractivity contribution is -0.125. The van der Waals surface area contributed by atoms with Gasteiger partial charge in [-0.2, -0.15) is 0 Å². The third kappa shape index (κ3) is 4.38. The summed E-state index contributed by atoms with van der Waals surface area (Å²) in [6.07, 6.45) is 1.49. The van der Waals surface area contributed by atoms with Gasteiger partial charge in [0, 0.05) is 22.1 Å². The first-order valence-electron chi connectivity index (χ1n) is 9.42. The predicted octanol–water partition coefficient (Wildman–Crippen LogP) is 4.25. The van der Waals surface area contributed by atoms with Crippen LogP contribution in [0.15, 0.2) is 46.9 Å². The van der Waals surface area contributed by atoms with E-state index in [0.29, 0.717) is 18.5 Å². The van der Waals surface area contributed by atoms with E-state index in [1.54, 1.807) is 24.1 Å². The van der Waals surface area contributed by atoms with Gasteiger partial charge in [0.25, 0.3) is 5.91 Å². The predicted molar refractivity (Wildman–Crippen MR) is 112 cm³/mol. The molecule has 0 saturated carbocycles. The first-order valence-corrected chi connectivity index (χ1v) is 10.2. The van der Waals surface area contributed by atoms with Crippen molar-refractivity contribution in [3.63, 3.8) is 0 Å². The highest BCUT2D eigenvalue weighted by atomic mass is 79.9. The molecule has 6 heteroatoms. The average Bonchev–Trinajstić information content (AvgIpc) is 3.18. The highest BCUT2D eigenvalue weighted by molar-refractivity contribution is 9.10. The summed E-state index contributed by atoms with van der Waals surface area (Å²) >= 11 is 3.38. The number of nitrogens with zero attached hydrogens (tertiary/aromatic N) is 1. The molecule has 1 aliphatic rings. The minimum absolute atomic E-state index is 0.106. The van der Waals surface area contributed by atoms with Crippen LogP contribution in [-0.4, -0.2) is 36.4 Å². The van der Waals surface area contributed by atoms with Crippen LogP contribution >= 0.6 is 15.9 Å². The normalized spacial score (nSPS) is 17.3. The lowest BCUT2D eigenvalue weighted by atomic mass is 10.0. The Hall–Kier alpha value is -2.34. The number of carbonyl (C=O) groups is 2. The summed E-state index contributed by atoms with van der Waals surface area (Å²) in [4.78, 5) is 27.5. The molecular formula is C22H25BrN2O3. The number of halogens is 1. The number of hydrogen-bond donors (Lipinski definition) is 1. The van der Waals surface area contributed by atoms with Crippen molar-refractivity contribution in [1.29, 1.82) is 0 Å². The molecule has 2 aromatic carbocycles. The molecule has 1 fully saturated rings. The smallest absolute Gasteiger partial charge is 0.254 e. The highest BCUT2D eigenvalue weighted by Crippen LogP contribution is 2.27. The summed E-state index contributed by atoms with van der Waals surface area (Å²) in [6, 6.07) is 12.5. The molecule has 148 valence electrons. The summed E-state index contributed by atoms with van der Waals surface area (Å²) < 4.78 is 6.35. The van der Waals surface area contributed by atoms with E-state index in [0.717, 1.165) is 27.8 Å². The number of amides is 2. The Morgan fingerprint density at radius 3 is 2.61 bits per heavy atom. The van der Waals surface area contributed by atoms with Crippen LogP contribution in [0.5, 0.6) is 5.75 Å². The second-order valence-electron chi connectivity index (χ2n) is 7.14. The van der Waals surface area contributed by atoms with Crippen molar-refractivity contribution < 1.29 is 14.3 Å². The van der Waals surface area contributed by atoms with Gasteiger partial charge in [-0.15, -0.1) is 0 Å². The molecule has 0 aliphatic carbocycles. The summed E-state index contributed by atoms with van der Waals surface area (Å²) in [5.41, 5.74) is 2.63. The number of carbonyl (C=O) groups excluding carboxylic acids is 2. The molecule has 1 aliphatic heterocycles. The lowest BCUT2D eigenvalue weighted by Gasteiger charge is -2.26. The van der Waals surface area contributed by atoms with Crippen LogP contribution in [0.3, 0.4) is 0 Å². The molecule has 28 heavy (non-hydrogen) atoms. The average molecular weight is 445 g/mol. The van der Waals surface area contributed by atoms with E-state index >= 15 is 0 Å². The zero-order chi connectivity index (χ0) is 20.3. The number of aryl methyl sites for hydroxylation is 1. The van der Waals surface area contributed by atoms with Gasteiger partial charge in [-0.1, -0.05) is 33.6 Å². The van der Waals surface area contributed by atoms with Gasteiger partial charge in [0.15, 0.2) is 0 Å². The Kier molecular flexibility index (Phi) is 6.39. The van der Waals surface area contributed by atoms with Crippen molar-refractivity contribution >= 4 is 27.7 Å². The van der Waals surface area contributed by atoms with Gasteiger partial charge < -0.3 is 15.0 Å². The van der Waals surface area contributed by atoms with Gasteiger partial charge in [0.1, 0.15) is 11.8 Å². The molecule has 2 aromatic rings. The first kappa shape index (κ1) is 20.4. The maximum absolute atomic E-state index is 13.0. The topological polar surface area (TPSA) is 58.6 Å². The van der Waals surface area contributed by atoms with Crippen LogP contribution in [0.2, 0.25) is 0 Å². The lowest BCUT2D eigenvalue weighted by Crippen LogP contribution is -2.46. The fourth-order valence-corrected chi connectivity index (χ4v) is 3.88. The van der Waals surface area contributed by atoms with Gasteiger partial charge in [-0.05, 0) is 57.0 Å². The maximum Gasteiger partial charge on any atom is 0.254 e. The van der Waals surface area contributed by atoms with E-state index in [1.165, 1.54) is 0 Å². The van der Waals surface area contributed by atoms with Gasteiger partial charge in [-0.25, -0.2) is 0 Å². The van der Waals surface area contributed by atoms with Crippen molar-refractivity contribution in [3.8, 4) is 5.75 Å². The van der Waals surface area contributed by atoms with E-state index < -0.39 is 6.04 Å². The number of benzene rings is 2. The van der Waals surface area contributed by atoms with E-state index in [1.807, 2.05) is 44.2 Å². The minimum Gasteiger partial charge on any atom is -0.496 e. The Morgan fingerprint density at radius 1 is 1.21 bits per heavy atom. The number of methoxy groups -OCH3 is 1. The molecule has 0 aromatic heterocycles. The Morgan fingerprint density at radius 2 is 1.93 bits per heavy atom. The van der Waals surface area contributed by atoms with Gasteiger partial charge in [-0.3, -0.25) is 9.59 Å². The molecule has 1 heterocycles. The third-order valence-electron chi connectivity index (χ3n) is 5.12. The Labute approximate surface area is 174 Å². The van der Waals surface area contributed by atoms with Crippen molar-refractivity contribution in [2.24, 2.45) is 0 Å². The van der Waals surface area contributed by atoms with Gasteiger partial charge >= 0.3 is 0 Å². The van der Waals surface area contributed by atoms with Crippen molar-refractivity contribution in [3.05, 3.63) is 63.6 Å². The monoisotopic (exact) mass is 444 g/mol. The highest BCUT2D eigenvalue weighted by Gasteiger charge is 2.35. The molecule has 1 saturated heterocycles. The van der Waals surface area contributed by atoms with Gasteiger partial charge in [0.2, 0.25) is 5.91 Å². The van der Waals surface area contributed by atoms with Crippen molar-refractivity contribution in [2.75, 3.05) is 13.7 Å². The van der Waals surface area contributed by atoms with Crippen molar-refractivity contribution in [1.82, 2.24) is 10.2 Å². The number of likely N-dealkylation sites (tertiary alicyclic amines) is 1. The van der Waals surface area contributed by atoms with E-state index in [4.69, 9.17) is 4.74 Å². The zero-order valence-electron chi connectivity index (χ0n) is 16.4. The minimum atomic E-state index is -0.450. The van der Waals surface area contributed by atoms with Crippen LogP contribution in [0, 0.1) is 6.92 Å². The third-order valence-corrected chi connectivity index (χ3v) is 5.65. The molecule has 0 unspecified atom stereocenters. The summed E-state index contributed by atoms with van der Waals surface area (Å²) in [7, 11) is 1.62. The second kappa shape index (κ2) is 8.78. The molecule has 2 atom stereocenters. The molecule has 0 spiro atoms. The van der Waals surface area contributed by atoms with Crippen LogP contribution in [0.4, 0.5) is 0 Å². The molecular weight excluding hydrogens is 420 g/mol. The number of nitrogens with one attached hydrogen (secondary N) is 1. The van der Waals surface area contributed by atoms with E-state index in [9.17, 15) is 9.59 Å². The second-order valence-corrected chi connectivity index (χ2v) is 8.05. The SMILES string of the molecule is COc1ccc(C)cc1[C@@H](C)NC(=O)[C@@H]1CCCN1C(=O)c1ccc(Br)cc1. The van der Waals surface area contributed by atoms with Crippen LogP contribution in [0.25, 0.3) is 0 Å². The largest absolute Gasteiger partial charge is 0.496 e. The molecule has 5 nitrogen and oxygen atoms in total. The Bertz CT molecular complexity index is 867. The standard InChI is InChI=1S/C22H25BrN2O3/c1-14-6-11-20(28-3)18(13-14)15(2)24-21(26)19-5-4-12-25(19)22(27)16-7-9-17(23)10-8-16/h6-11,13,15,19H,4-5,12H2,1-3H3,(H,24,26)/t15-,19+/m1/s1. The number of ether oxygens (including phenoxy) is 1. The Balaban J connectivity index is 1.73. The molecule has 0 radical (unpaired) electrons. The van der Waals surface area contributed by atoms with Crippen LogP contribution < -0.4 is 10.1 Å². The first-order chi connectivity index (χ1) is 13.4. The van der Waals surface area contributed by atoms with Crippen molar-refractivity contribution in [2.45, 2.75) is 38.8 Å². The number of rotatable bonds is 5. The fraction of sp³-hybridized carbons (Fsp3) is 0.364. The zero-order valence-corrected chi connectivity index (χ0v) is 18.0. The summed E-state index contributed by atoms with van der Waals surface area (Å²) in [5, 5.41) is 3.07. The summed E-state index contributed by atoms with van der Waals surface area (Å²) in [6.45, 7) is 4.53. The van der Waals surface area contributed by atoms with Crippen LogP contribution in [-0.2, 0) is 4.79 Å². The fourth-order valence-electron chi connectivity index (χ4n) is 3.62. The van der Waals surface area contributed by atoms with Gasteiger partial charge in [0.05, 0.1) is 13.2 Å². The quantitative estimate of drug-likeness (QED) is 0.749. The molecule has 3 rings (SSSR count). The van der Waals surface area contributed by atoms with E-state index in [2.05, 4.69) is 21.2 Å². The molecule has 2 amide bonds. The molecule has 1 N–H and O–H groups in total.